The van der Waals surface area contributed by atoms with Crippen LogP contribution in [0.3, 0.4) is 0 Å². The van der Waals surface area contributed by atoms with Crippen molar-refractivity contribution in [2.24, 2.45) is 35.5 Å². The Balaban J connectivity index is 1.88. The van der Waals surface area contributed by atoms with Crippen molar-refractivity contribution in [3.63, 3.8) is 0 Å². The molecule has 1 N–H and O–H groups in total. The average molecular weight is 188 g/mol. The van der Waals surface area contributed by atoms with Gasteiger partial charge in [0.1, 0.15) is 0 Å². The first-order valence-electron chi connectivity index (χ1n) is 5.40. The van der Waals surface area contributed by atoms with E-state index in [1.54, 1.807) is 0 Å². The standard InChI is InChI=1S/C12H12O2/c13-12(14)8-4-7-10-5-2-1-3-6(9(5)8)11(7)10/h1-2,4-7,9-11H,3H2,(H,13,14). The van der Waals surface area contributed by atoms with Crippen LogP contribution in [0.4, 0.5) is 0 Å². The van der Waals surface area contributed by atoms with Gasteiger partial charge in [-0.1, -0.05) is 18.2 Å². The van der Waals surface area contributed by atoms with Gasteiger partial charge in [0.05, 0.1) is 0 Å². The van der Waals surface area contributed by atoms with E-state index in [-0.39, 0.29) is 0 Å². The molecular formula is C12H12O2. The molecule has 0 radical (unpaired) electrons. The van der Waals surface area contributed by atoms with E-state index < -0.39 is 5.97 Å². The minimum atomic E-state index is -0.677. The highest BCUT2D eigenvalue weighted by Gasteiger charge is 2.69. The molecule has 2 heteroatoms. The Morgan fingerprint density at radius 3 is 2.93 bits per heavy atom. The molecule has 6 atom stereocenters. The first-order chi connectivity index (χ1) is 6.79. The number of aliphatic carboxylic acids is 1. The lowest BCUT2D eigenvalue weighted by molar-refractivity contribution is -0.133. The van der Waals surface area contributed by atoms with Crippen LogP contribution in [0.2, 0.25) is 0 Å². The van der Waals surface area contributed by atoms with Gasteiger partial charge in [-0.15, -0.1) is 0 Å². The van der Waals surface area contributed by atoms with Crippen molar-refractivity contribution in [1.82, 2.24) is 0 Å². The van der Waals surface area contributed by atoms with E-state index >= 15 is 0 Å². The number of carboxylic acid groups (broad SMARTS) is 1. The van der Waals surface area contributed by atoms with E-state index in [0.29, 0.717) is 23.7 Å². The Morgan fingerprint density at radius 2 is 2.21 bits per heavy atom. The summed E-state index contributed by atoms with van der Waals surface area (Å²) >= 11 is 0. The Morgan fingerprint density at radius 1 is 1.36 bits per heavy atom. The van der Waals surface area contributed by atoms with Gasteiger partial charge >= 0.3 is 5.97 Å². The van der Waals surface area contributed by atoms with Crippen molar-refractivity contribution in [3.8, 4) is 0 Å². The van der Waals surface area contributed by atoms with Gasteiger partial charge in [0.2, 0.25) is 0 Å². The Bertz CT molecular complexity index is 393. The quantitative estimate of drug-likeness (QED) is 0.636. The van der Waals surface area contributed by atoms with Crippen LogP contribution >= 0.6 is 0 Å². The molecule has 14 heavy (non-hydrogen) atoms. The number of hydrogen-bond acceptors (Lipinski definition) is 1. The van der Waals surface area contributed by atoms with Crippen molar-refractivity contribution in [2.75, 3.05) is 0 Å². The van der Waals surface area contributed by atoms with Crippen molar-refractivity contribution in [3.05, 3.63) is 23.8 Å². The molecule has 5 rings (SSSR count). The van der Waals surface area contributed by atoms with E-state index in [1.165, 1.54) is 0 Å². The van der Waals surface area contributed by atoms with E-state index in [1.807, 2.05) is 0 Å². The average Bonchev–Trinajstić information content (AvgIpc) is 2.88. The SMILES string of the molecule is O=C(O)C1=CC2C3C4C=CCC(C14)C23. The zero-order valence-electron chi connectivity index (χ0n) is 7.76. The summed E-state index contributed by atoms with van der Waals surface area (Å²) in [4.78, 5) is 11.1. The fourth-order valence-corrected chi connectivity index (χ4v) is 4.37. The topological polar surface area (TPSA) is 37.3 Å². The summed E-state index contributed by atoms with van der Waals surface area (Å²) < 4.78 is 0. The first-order valence-corrected chi connectivity index (χ1v) is 5.40. The number of hydrogen-bond donors (Lipinski definition) is 1. The van der Waals surface area contributed by atoms with E-state index in [0.717, 1.165) is 23.8 Å². The smallest absolute Gasteiger partial charge is 0.331 e. The van der Waals surface area contributed by atoms with Gasteiger partial charge in [-0.3, -0.25) is 0 Å². The van der Waals surface area contributed by atoms with E-state index in [4.69, 9.17) is 5.11 Å². The summed E-state index contributed by atoms with van der Waals surface area (Å²) in [5.74, 6) is 3.18. The molecule has 2 fully saturated rings. The maximum atomic E-state index is 11.1. The Labute approximate surface area is 82.3 Å². The molecule has 6 bridgehead atoms. The minimum absolute atomic E-state index is 0.359. The first kappa shape index (κ1) is 7.27. The van der Waals surface area contributed by atoms with Gasteiger partial charge in [0.25, 0.3) is 0 Å². The van der Waals surface area contributed by atoms with Gasteiger partial charge < -0.3 is 5.11 Å². The van der Waals surface area contributed by atoms with Crippen molar-refractivity contribution >= 4 is 5.97 Å². The fraction of sp³-hybridized carbons (Fsp3) is 0.583. The molecule has 5 aliphatic carbocycles. The molecule has 2 saturated carbocycles. The summed E-state index contributed by atoms with van der Waals surface area (Å²) in [5.41, 5.74) is 0.722. The third kappa shape index (κ3) is 0.588. The molecule has 5 aliphatic rings. The summed E-state index contributed by atoms with van der Waals surface area (Å²) in [6.07, 6.45) is 7.71. The molecule has 0 aromatic heterocycles. The van der Waals surface area contributed by atoms with Crippen LogP contribution in [0.15, 0.2) is 23.8 Å². The summed E-state index contributed by atoms with van der Waals surface area (Å²) in [7, 11) is 0. The highest BCUT2D eigenvalue weighted by atomic mass is 16.4. The van der Waals surface area contributed by atoms with E-state index in [9.17, 15) is 4.79 Å². The molecule has 0 heterocycles. The molecule has 0 aromatic rings. The summed E-state index contributed by atoms with van der Waals surface area (Å²) in [5, 5.41) is 9.13. The number of rotatable bonds is 1. The monoisotopic (exact) mass is 188 g/mol. The summed E-state index contributed by atoms with van der Waals surface area (Å²) in [6.45, 7) is 0. The molecule has 6 unspecified atom stereocenters. The molecule has 0 aromatic carbocycles. The Kier molecular flexibility index (Phi) is 1.02. The zero-order chi connectivity index (χ0) is 9.45. The lowest BCUT2D eigenvalue weighted by Crippen LogP contribution is -2.32. The van der Waals surface area contributed by atoms with Crippen LogP contribution in [-0.4, -0.2) is 11.1 Å². The van der Waals surface area contributed by atoms with Gasteiger partial charge in [-0.25, -0.2) is 4.79 Å². The predicted octanol–water partition coefficient (Wildman–Crippen LogP) is 1.70. The van der Waals surface area contributed by atoms with Crippen LogP contribution in [0.1, 0.15) is 6.42 Å². The third-order valence-electron chi connectivity index (χ3n) is 4.75. The maximum Gasteiger partial charge on any atom is 0.331 e. The normalized spacial score (nSPS) is 55.6. The molecular weight excluding hydrogens is 176 g/mol. The highest BCUT2D eigenvalue weighted by molar-refractivity contribution is 5.88. The Hall–Kier alpha value is -1.05. The van der Waals surface area contributed by atoms with Crippen LogP contribution in [-0.2, 0) is 4.79 Å². The second-order valence-electron chi connectivity index (χ2n) is 5.09. The molecule has 72 valence electrons. The molecule has 0 amide bonds. The van der Waals surface area contributed by atoms with Crippen molar-refractivity contribution in [1.29, 1.82) is 0 Å². The summed E-state index contributed by atoms with van der Waals surface area (Å²) in [6, 6.07) is 0. The maximum absolute atomic E-state index is 11.1. The van der Waals surface area contributed by atoms with Crippen molar-refractivity contribution < 1.29 is 9.90 Å². The number of carboxylic acids is 1. The second kappa shape index (κ2) is 1.97. The van der Waals surface area contributed by atoms with Gasteiger partial charge in [0.15, 0.2) is 0 Å². The molecule has 0 aliphatic heterocycles. The molecule has 0 saturated heterocycles. The number of carbonyl (C=O) groups is 1. The van der Waals surface area contributed by atoms with Crippen LogP contribution in [0.25, 0.3) is 0 Å². The molecule has 2 nitrogen and oxygen atoms in total. The highest BCUT2D eigenvalue weighted by Crippen LogP contribution is 2.73. The van der Waals surface area contributed by atoms with Gasteiger partial charge in [-0.2, -0.15) is 0 Å². The molecule has 0 spiro atoms. The largest absolute Gasteiger partial charge is 0.478 e. The van der Waals surface area contributed by atoms with Crippen LogP contribution < -0.4 is 0 Å². The van der Waals surface area contributed by atoms with Crippen LogP contribution in [0.5, 0.6) is 0 Å². The van der Waals surface area contributed by atoms with Crippen LogP contribution in [0, 0.1) is 35.5 Å². The minimum Gasteiger partial charge on any atom is -0.478 e. The van der Waals surface area contributed by atoms with Crippen molar-refractivity contribution in [2.45, 2.75) is 6.42 Å². The lowest BCUT2D eigenvalue weighted by atomic mass is 9.68. The lowest BCUT2D eigenvalue weighted by Gasteiger charge is -2.35. The third-order valence-corrected chi connectivity index (χ3v) is 4.75. The predicted molar refractivity (Wildman–Crippen MR) is 50.4 cm³/mol. The second-order valence-corrected chi connectivity index (χ2v) is 5.09. The zero-order valence-corrected chi connectivity index (χ0v) is 7.76. The van der Waals surface area contributed by atoms with Gasteiger partial charge in [-0.05, 0) is 36.0 Å². The fourth-order valence-electron chi connectivity index (χ4n) is 4.37. The number of allylic oxidation sites excluding steroid dienone is 3. The van der Waals surface area contributed by atoms with E-state index in [2.05, 4.69) is 18.2 Å². The van der Waals surface area contributed by atoms with Gasteiger partial charge in [0, 0.05) is 11.5 Å².